The van der Waals surface area contributed by atoms with Crippen LogP contribution >= 0.6 is 12.4 Å². The van der Waals surface area contributed by atoms with Crippen LogP contribution in [0.25, 0.3) is 5.82 Å². The van der Waals surface area contributed by atoms with Crippen LogP contribution in [-0.4, -0.2) is 55.4 Å². The molecule has 0 spiro atoms. The number of hydrogen-bond acceptors (Lipinski definition) is 10. The fraction of sp³-hybridized carbons (Fsp3) is 0.280. The van der Waals surface area contributed by atoms with E-state index < -0.39 is 5.91 Å². The lowest BCUT2D eigenvalue weighted by Gasteiger charge is -2.16. The molecule has 0 aliphatic rings. The molecule has 2 aromatic carbocycles. The van der Waals surface area contributed by atoms with Crippen molar-refractivity contribution in [3.8, 4) is 11.6 Å². The van der Waals surface area contributed by atoms with Crippen molar-refractivity contribution in [1.29, 1.82) is 0 Å². The third kappa shape index (κ3) is 6.93. The van der Waals surface area contributed by atoms with Gasteiger partial charge in [0.1, 0.15) is 18.1 Å². The molecule has 12 nitrogen and oxygen atoms in total. The van der Waals surface area contributed by atoms with E-state index in [0.717, 1.165) is 30.0 Å². The van der Waals surface area contributed by atoms with Gasteiger partial charge in [0.25, 0.3) is 5.91 Å². The molecule has 0 bridgehead atoms. The number of carbonyl (C=O) groups is 1. The van der Waals surface area contributed by atoms with Crippen molar-refractivity contribution in [2.45, 2.75) is 33.9 Å². The highest BCUT2D eigenvalue weighted by molar-refractivity contribution is 5.95. The fourth-order valence-electron chi connectivity index (χ4n) is 3.51. The summed E-state index contributed by atoms with van der Waals surface area (Å²) in [5.74, 6) is 0.274. The summed E-state index contributed by atoms with van der Waals surface area (Å²) < 4.78 is 11.7. The first-order valence-electron chi connectivity index (χ1n) is 11.9. The van der Waals surface area contributed by atoms with Crippen LogP contribution in [0.4, 0.5) is 5.82 Å². The number of hydrazone groups is 1. The van der Waals surface area contributed by atoms with E-state index >= 15 is 0 Å². The van der Waals surface area contributed by atoms with Gasteiger partial charge in [-0.2, -0.15) is 9.78 Å². The molecule has 0 aliphatic carbocycles. The van der Waals surface area contributed by atoms with Gasteiger partial charge in [0.2, 0.25) is 11.6 Å². The molecule has 2 heterocycles. The summed E-state index contributed by atoms with van der Waals surface area (Å²) in [6.07, 6.45) is 1.53. The topological polar surface area (TPSA) is 150 Å². The number of anilines is 1. The number of carbonyl (C=O) groups excluding carboxylic acids is 1. The number of rotatable bonds is 11. The van der Waals surface area contributed by atoms with E-state index in [1.807, 2.05) is 57.2 Å². The Hall–Kier alpha value is -4.29. The molecule has 3 N–H and O–H groups in total. The maximum atomic E-state index is 13.1. The number of nitrogens with two attached hydrogens (primary N) is 1. The van der Waals surface area contributed by atoms with E-state index in [0.29, 0.717) is 18.8 Å². The SMILES string of the molecule is CCN(CC)Cc1nnn(-c2nonc2N)c1C(=O)N/N=C/c1ccc(OCc2ccc(C)cc2)cc1.Cl. The number of nitrogens with one attached hydrogen (secondary N) is 1. The summed E-state index contributed by atoms with van der Waals surface area (Å²) in [6.45, 7) is 8.55. The number of aryl methyl sites for hydroxylation is 1. The third-order valence-corrected chi connectivity index (χ3v) is 5.71. The second-order valence-electron chi connectivity index (χ2n) is 8.27. The molecule has 13 heteroatoms. The van der Waals surface area contributed by atoms with Gasteiger partial charge in [-0.05, 0) is 65.7 Å². The van der Waals surface area contributed by atoms with Crippen LogP contribution in [0.1, 0.15) is 46.7 Å². The first kappa shape index (κ1) is 28.3. The third-order valence-electron chi connectivity index (χ3n) is 5.71. The number of nitrogens with zero attached hydrogens (tertiary/aromatic N) is 7. The number of nitrogen functional groups attached to an aromatic ring is 1. The number of benzene rings is 2. The highest BCUT2D eigenvalue weighted by Gasteiger charge is 2.25. The van der Waals surface area contributed by atoms with Crippen LogP contribution in [0.2, 0.25) is 0 Å². The molecule has 0 unspecified atom stereocenters. The smallest absolute Gasteiger partial charge is 0.292 e. The maximum absolute atomic E-state index is 13.1. The molecule has 38 heavy (non-hydrogen) atoms. The predicted molar refractivity (Wildman–Crippen MR) is 145 cm³/mol. The molecule has 0 saturated carbocycles. The van der Waals surface area contributed by atoms with Gasteiger partial charge in [-0.1, -0.05) is 48.9 Å². The van der Waals surface area contributed by atoms with E-state index in [4.69, 9.17) is 10.5 Å². The van der Waals surface area contributed by atoms with Crippen LogP contribution in [0, 0.1) is 6.92 Å². The Morgan fingerprint density at radius 2 is 1.84 bits per heavy atom. The van der Waals surface area contributed by atoms with Crippen LogP contribution < -0.4 is 15.9 Å². The minimum Gasteiger partial charge on any atom is -0.489 e. The highest BCUT2D eigenvalue weighted by Crippen LogP contribution is 2.17. The van der Waals surface area contributed by atoms with Crippen molar-refractivity contribution in [2.75, 3.05) is 18.8 Å². The van der Waals surface area contributed by atoms with Gasteiger partial charge < -0.3 is 10.5 Å². The van der Waals surface area contributed by atoms with Crippen LogP contribution in [0.5, 0.6) is 5.75 Å². The Morgan fingerprint density at radius 1 is 1.13 bits per heavy atom. The molecule has 0 radical (unpaired) electrons. The number of halogens is 1. The number of aromatic nitrogens is 5. The largest absolute Gasteiger partial charge is 0.489 e. The molecule has 200 valence electrons. The molecule has 0 saturated heterocycles. The highest BCUT2D eigenvalue weighted by atomic mass is 35.5. The average molecular weight is 540 g/mol. The molecule has 4 aromatic rings. The maximum Gasteiger partial charge on any atom is 0.292 e. The first-order chi connectivity index (χ1) is 18.0. The Balaban J connectivity index is 0.00000400. The Kier molecular flexibility index (Phi) is 9.91. The quantitative estimate of drug-likeness (QED) is 0.216. The zero-order chi connectivity index (χ0) is 26.2. The van der Waals surface area contributed by atoms with Crippen molar-refractivity contribution < 1.29 is 14.2 Å². The predicted octanol–water partition coefficient (Wildman–Crippen LogP) is 3.15. The van der Waals surface area contributed by atoms with Crippen molar-refractivity contribution in [3.63, 3.8) is 0 Å². The van der Waals surface area contributed by atoms with Crippen LogP contribution in [0.3, 0.4) is 0 Å². The van der Waals surface area contributed by atoms with Gasteiger partial charge >= 0.3 is 0 Å². The average Bonchev–Trinajstić information content (AvgIpc) is 3.53. The van der Waals surface area contributed by atoms with Gasteiger partial charge in [-0.25, -0.2) is 10.1 Å². The van der Waals surface area contributed by atoms with Gasteiger partial charge in [-0.3, -0.25) is 9.69 Å². The number of ether oxygens (including phenoxy) is 1. The minimum atomic E-state index is -0.524. The van der Waals surface area contributed by atoms with E-state index in [1.165, 1.54) is 16.5 Å². The zero-order valence-corrected chi connectivity index (χ0v) is 22.2. The lowest BCUT2D eigenvalue weighted by atomic mass is 10.2. The molecule has 0 aliphatic heterocycles. The normalized spacial score (nSPS) is 11.1. The van der Waals surface area contributed by atoms with Crippen molar-refractivity contribution in [2.24, 2.45) is 5.10 Å². The van der Waals surface area contributed by atoms with E-state index in [9.17, 15) is 4.79 Å². The molecule has 2 aromatic heterocycles. The monoisotopic (exact) mass is 539 g/mol. The minimum absolute atomic E-state index is 0. The first-order valence-corrected chi connectivity index (χ1v) is 11.9. The molecule has 4 rings (SSSR count). The fourth-order valence-corrected chi connectivity index (χ4v) is 3.51. The summed E-state index contributed by atoms with van der Waals surface area (Å²) >= 11 is 0. The lowest BCUT2D eigenvalue weighted by Crippen LogP contribution is -2.27. The summed E-state index contributed by atoms with van der Waals surface area (Å²) in [5.41, 5.74) is 12.0. The second kappa shape index (κ2) is 13.3. The Bertz CT molecular complexity index is 1350. The van der Waals surface area contributed by atoms with Gasteiger partial charge in [0.15, 0.2) is 5.69 Å². The van der Waals surface area contributed by atoms with Crippen LogP contribution in [0.15, 0.2) is 58.3 Å². The van der Waals surface area contributed by atoms with E-state index in [-0.39, 0.29) is 29.7 Å². The van der Waals surface area contributed by atoms with Gasteiger partial charge in [-0.15, -0.1) is 17.5 Å². The Morgan fingerprint density at radius 3 is 2.47 bits per heavy atom. The molecular weight excluding hydrogens is 510 g/mol. The van der Waals surface area contributed by atoms with Crippen molar-refractivity contribution >= 4 is 30.3 Å². The molecule has 0 atom stereocenters. The number of hydrogen-bond donors (Lipinski definition) is 2. The summed E-state index contributed by atoms with van der Waals surface area (Å²) in [6, 6.07) is 15.6. The van der Waals surface area contributed by atoms with Gasteiger partial charge in [0.05, 0.1) is 6.21 Å². The zero-order valence-electron chi connectivity index (χ0n) is 21.4. The standard InChI is InChI=1S/C25H29N9O3.ClH/c1-4-33(5-2)15-21-22(34(32-28-21)24-23(26)30-37-31-24)25(35)29-27-14-18-10-12-20(13-11-18)36-16-19-8-6-17(3)7-9-19;/h6-14H,4-5,15-16H2,1-3H3,(H2,26,30)(H,29,35);1H/b27-14+;. The Labute approximate surface area is 226 Å². The molecule has 0 fully saturated rings. The van der Waals surface area contributed by atoms with Gasteiger partial charge in [0, 0.05) is 6.54 Å². The van der Waals surface area contributed by atoms with E-state index in [2.05, 4.69) is 52.8 Å². The second-order valence-corrected chi connectivity index (χ2v) is 8.27. The van der Waals surface area contributed by atoms with E-state index in [1.54, 1.807) is 0 Å². The van der Waals surface area contributed by atoms with Crippen molar-refractivity contribution in [3.05, 3.63) is 76.6 Å². The summed E-state index contributed by atoms with van der Waals surface area (Å²) in [7, 11) is 0. The summed E-state index contributed by atoms with van der Waals surface area (Å²) in [4.78, 5) is 15.2. The van der Waals surface area contributed by atoms with Crippen molar-refractivity contribution in [1.82, 2.24) is 35.6 Å². The summed E-state index contributed by atoms with van der Waals surface area (Å²) in [5, 5.41) is 19.6. The number of amides is 1. The molecule has 1 amide bonds. The lowest BCUT2D eigenvalue weighted by molar-refractivity contribution is 0.0945. The van der Waals surface area contributed by atoms with Crippen LogP contribution in [-0.2, 0) is 13.2 Å². The molecular formula is C25H30ClN9O3.